The number of urea groups is 1. The Morgan fingerprint density at radius 2 is 1.86 bits per heavy atom. The summed E-state index contributed by atoms with van der Waals surface area (Å²) in [6.07, 6.45) is 1.77. The molecule has 1 atom stereocenters. The van der Waals surface area contributed by atoms with Crippen LogP contribution >= 0.6 is 0 Å². The van der Waals surface area contributed by atoms with Gasteiger partial charge in [0, 0.05) is 37.7 Å². The van der Waals surface area contributed by atoms with E-state index in [4.69, 9.17) is 0 Å². The number of amides is 2. The van der Waals surface area contributed by atoms with Gasteiger partial charge in [0.1, 0.15) is 0 Å². The van der Waals surface area contributed by atoms with Crippen LogP contribution < -0.4 is 0 Å². The number of rotatable bonds is 4. The van der Waals surface area contributed by atoms with Crippen molar-refractivity contribution in [3.8, 4) is 0 Å². The number of hydrogen-bond acceptors (Lipinski definition) is 2. The average molecular weight is 288 g/mol. The molecule has 0 bridgehead atoms. The quantitative estimate of drug-likeness (QED) is 0.799. The van der Waals surface area contributed by atoms with E-state index >= 15 is 0 Å². The molecule has 1 unspecified atom stereocenters. The van der Waals surface area contributed by atoms with Crippen LogP contribution in [0.15, 0.2) is 30.3 Å². The van der Waals surface area contributed by atoms with Crippen molar-refractivity contribution < 1.29 is 9.59 Å². The van der Waals surface area contributed by atoms with Gasteiger partial charge in [-0.3, -0.25) is 4.79 Å². The van der Waals surface area contributed by atoms with Crippen molar-refractivity contribution in [3.63, 3.8) is 0 Å². The van der Waals surface area contributed by atoms with Crippen LogP contribution in [-0.2, 0) is 0 Å². The van der Waals surface area contributed by atoms with Crippen LogP contribution in [0.3, 0.4) is 0 Å². The molecule has 0 aliphatic carbocycles. The van der Waals surface area contributed by atoms with E-state index in [9.17, 15) is 9.59 Å². The first-order valence-electron chi connectivity index (χ1n) is 7.80. The summed E-state index contributed by atoms with van der Waals surface area (Å²) in [6, 6.07) is 9.45. The van der Waals surface area contributed by atoms with Gasteiger partial charge in [0.05, 0.1) is 0 Å². The van der Waals surface area contributed by atoms with Crippen molar-refractivity contribution in [3.05, 3.63) is 35.9 Å². The number of carbonyl (C=O) groups excluding carboxylic acids is 2. The van der Waals surface area contributed by atoms with Crippen LogP contribution in [-0.4, -0.2) is 47.8 Å². The molecule has 1 aliphatic heterocycles. The Labute approximate surface area is 126 Å². The molecule has 2 rings (SSSR count). The van der Waals surface area contributed by atoms with Crippen LogP contribution in [0.1, 0.15) is 37.0 Å². The lowest BCUT2D eigenvalue weighted by Gasteiger charge is -2.35. The highest BCUT2D eigenvalue weighted by Gasteiger charge is 2.30. The van der Waals surface area contributed by atoms with E-state index in [-0.39, 0.29) is 17.7 Å². The first-order chi connectivity index (χ1) is 10.2. The molecule has 0 aromatic heterocycles. The molecule has 0 spiro atoms. The highest BCUT2D eigenvalue weighted by Crippen LogP contribution is 2.21. The number of benzene rings is 1. The zero-order chi connectivity index (χ0) is 15.2. The minimum Gasteiger partial charge on any atom is -0.325 e. The third-order valence-corrected chi connectivity index (χ3v) is 4.15. The fourth-order valence-electron chi connectivity index (χ4n) is 2.90. The van der Waals surface area contributed by atoms with Crippen LogP contribution in [0.25, 0.3) is 0 Å². The number of likely N-dealkylation sites (tertiary alicyclic amines) is 1. The molecule has 0 N–H and O–H groups in total. The van der Waals surface area contributed by atoms with Crippen LogP contribution in [0.2, 0.25) is 0 Å². The van der Waals surface area contributed by atoms with Crippen molar-refractivity contribution in [1.82, 2.24) is 9.80 Å². The molecule has 114 valence electrons. The molecule has 4 nitrogen and oxygen atoms in total. The molecule has 1 saturated heterocycles. The Balaban J connectivity index is 2.04. The Hall–Kier alpha value is -1.84. The number of piperidine rings is 1. The largest absolute Gasteiger partial charge is 0.325 e. The third-order valence-electron chi connectivity index (χ3n) is 4.15. The molecule has 1 fully saturated rings. The molecule has 1 heterocycles. The Morgan fingerprint density at radius 1 is 1.19 bits per heavy atom. The summed E-state index contributed by atoms with van der Waals surface area (Å²) in [5.41, 5.74) is 0.750. The molecule has 0 radical (unpaired) electrons. The molecular formula is C17H24N2O2. The fraction of sp³-hybridized carbons (Fsp3) is 0.529. The molecule has 21 heavy (non-hydrogen) atoms. The maximum Gasteiger partial charge on any atom is 0.320 e. The smallest absolute Gasteiger partial charge is 0.320 e. The molecule has 4 heteroatoms. The predicted molar refractivity (Wildman–Crippen MR) is 83.4 cm³/mol. The zero-order valence-corrected chi connectivity index (χ0v) is 12.9. The number of Topliss-reactive ketones (excluding diaryl/α,β-unsaturated/α-hetero) is 1. The van der Waals surface area contributed by atoms with Crippen molar-refractivity contribution in [2.75, 3.05) is 26.2 Å². The van der Waals surface area contributed by atoms with Gasteiger partial charge in [0.2, 0.25) is 0 Å². The monoisotopic (exact) mass is 288 g/mol. The summed E-state index contributed by atoms with van der Waals surface area (Å²) in [5, 5.41) is 0. The Bertz CT molecular complexity index is 483. The lowest BCUT2D eigenvalue weighted by molar-refractivity contribution is 0.0822. The van der Waals surface area contributed by atoms with Gasteiger partial charge in [-0.1, -0.05) is 30.3 Å². The number of hydrogen-bond donors (Lipinski definition) is 0. The van der Waals surface area contributed by atoms with Crippen molar-refractivity contribution in [1.29, 1.82) is 0 Å². The first-order valence-corrected chi connectivity index (χ1v) is 7.80. The van der Waals surface area contributed by atoms with E-state index in [2.05, 4.69) is 0 Å². The third kappa shape index (κ3) is 3.63. The summed E-state index contributed by atoms with van der Waals surface area (Å²) in [4.78, 5) is 28.6. The number of nitrogens with zero attached hydrogens (tertiary/aromatic N) is 2. The molecule has 2 amide bonds. The summed E-state index contributed by atoms with van der Waals surface area (Å²) < 4.78 is 0. The van der Waals surface area contributed by atoms with Crippen LogP contribution in [0, 0.1) is 5.92 Å². The minimum atomic E-state index is -0.0688. The highest BCUT2D eigenvalue weighted by molar-refractivity contribution is 5.98. The summed E-state index contributed by atoms with van der Waals surface area (Å²) >= 11 is 0. The van der Waals surface area contributed by atoms with Crippen molar-refractivity contribution >= 4 is 11.8 Å². The summed E-state index contributed by atoms with van der Waals surface area (Å²) in [7, 11) is 0. The number of ketones is 1. The van der Waals surface area contributed by atoms with E-state index in [1.165, 1.54) is 0 Å². The summed E-state index contributed by atoms with van der Waals surface area (Å²) in [5.74, 6) is 0.0910. The second-order valence-corrected chi connectivity index (χ2v) is 5.47. The van der Waals surface area contributed by atoms with E-state index in [1.807, 2.05) is 54.0 Å². The average Bonchev–Trinajstić information content (AvgIpc) is 2.56. The van der Waals surface area contributed by atoms with Gasteiger partial charge in [-0.05, 0) is 26.7 Å². The van der Waals surface area contributed by atoms with Crippen molar-refractivity contribution in [2.24, 2.45) is 5.92 Å². The van der Waals surface area contributed by atoms with Crippen molar-refractivity contribution in [2.45, 2.75) is 26.7 Å². The lowest BCUT2D eigenvalue weighted by Crippen LogP contribution is -2.48. The number of carbonyl (C=O) groups is 2. The Morgan fingerprint density at radius 3 is 2.48 bits per heavy atom. The van der Waals surface area contributed by atoms with Crippen LogP contribution in [0.4, 0.5) is 4.79 Å². The molecular weight excluding hydrogens is 264 g/mol. The second kappa shape index (κ2) is 7.25. The van der Waals surface area contributed by atoms with Crippen LogP contribution in [0.5, 0.6) is 0 Å². The van der Waals surface area contributed by atoms with Gasteiger partial charge in [-0.25, -0.2) is 4.79 Å². The highest BCUT2D eigenvalue weighted by atomic mass is 16.2. The van der Waals surface area contributed by atoms with Gasteiger partial charge in [-0.2, -0.15) is 0 Å². The SMILES string of the molecule is CCN(CC)C(=O)N1CCCC(C(=O)c2ccccc2)C1. The predicted octanol–water partition coefficient (Wildman–Crippen LogP) is 3.04. The molecule has 1 aliphatic rings. The van der Waals surface area contributed by atoms with E-state index < -0.39 is 0 Å². The molecule has 0 saturated carbocycles. The Kier molecular flexibility index (Phi) is 5.37. The fourth-order valence-corrected chi connectivity index (χ4v) is 2.90. The maximum atomic E-state index is 12.5. The van der Waals surface area contributed by atoms with Gasteiger partial charge >= 0.3 is 6.03 Å². The zero-order valence-electron chi connectivity index (χ0n) is 12.9. The maximum absolute atomic E-state index is 12.5. The minimum absolute atomic E-state index is 0.0607. The van der Waals surface area contributed by atoms with Gasteiger partial charge in [0.25, 0.3) is 0 Å². The lowest BCUT2D eigenvalue weighted by atomic mass is 9.90. The van der Waals surface area contributed by atoms with Gasteiger partial charge in [0.15, 0.2) is 5.78 Å². The van der Waals surface area contributed by atoms with Gasteiger partial charge < -0.3 is 9.80 Å². The topological polar surface area (TPSA) is 40.6 Å². The van der Waals surface area contributed by atoms with Gasteiger partial charge in [-0.15, -0.1) is 0 Å². The molecule has 1 aromatic rings. The van der Waals surface area contributed by atoms with E-state index in [1.54, 1.807) is 0 Å². The molecule has 1 aromatic carbocycles. The summed E-state index contributed by atoms with van der Waals surface area (Å²) in [6.45, 7) is 6.69. The standard InChI is InChI=1S/C17H24N2O2/c1-3-18(4-2)17(21)19-12-8-11-15(13-19)16(20)14-9-6-5-7-10-14/h5-7,9-10,15H,3-4,8,11-13H2,1-2H3. The first kappa shape index (κ1) is 15.5. The van der Waals surface area contributed by atoms with E-state index in [0.29, 0.717) is 19.6 Å². The normalized spacial score (nSPS) is 18.4. The second-order valence-electron chi connectivity index (χ2n) is 5.47. The van der Waals surface area contributed by atoms with E-state index in [0.717, 1.165) is 24.9 Å².